The average molecular weight is 361 g/mol. The van der Waals surface area contributed by atoms with E-state index < -0.39 is 0 Å². The monoisotopic (exact) mass is 360 g/mol. The molecule has 0 saturated carbocycles. The first-order valence-corrected chi connectivity index (χ1v) is 7.44. The van der Waals surface area contributed by atoms with Crippen molar-refractivity contribution in [1.29, 1.82) is 0 Å². The molecule has 2 N–H and O–H groups in total. The lowest BCUT2D eigenvalue weighted by atomic mass is 10.2. The zero-order valence-corrected chi connectivity index (χ0v) is 13.3. The number of hydrogen-bond donors (Lipinski definition) is 2. The second kappa shape index (κ2) is 5.76. The molecule has 0 spiro atoms. The van der Waals surface area contributed by atoms with Crippen molar-refractivity contribution in [2.45, 2.75) is 13.5 Å². The molecule has 0 radical (unpaired) electrons. The summed E-state index contributed by atoms with van der Waals surface area (Å²) in [6.45, 7) is 2.11. The van der Waals surface area contributed by atoms with Gasteiger partial charge < -0.3 is 5.32 Å². The molecule has 0 fully saturated rings. The van der Waals surface area contributed by atoms with E-state index in [0.717, 1.165) is 10.0 Å². The first-order chi connectivity index (χ1) is 10.5. The minimum Gasteiger partial charge on any atom is -0.348 e. The fraction of sp³-hybridized carbons (Fsp3) is 0.133. The Hall–Kier alpha value is -2.41. The van der Waals surface area contributed by atoms with Crippen LogP contribution in [0.1, 0.15) is 21.6 Å². The Morgan fingerprint density at radius 2 is 2.23 bits per heavy atom. The third-order valence-electron chi connectivity index (χ3n) is 3.21. The number of aryl methyl sites for hydroxylation is 1. The Kier molecular flexibility index (Phi) is 3.81. The topological polar surface area (TPSA) is 79.3 Å². The smallest absolute Gasteiger partial charge is 0.272 e. The molecule has 112 valence electrons. The van der Waals surface area contributed by atoms with Gasteiger partial charge in [-0.3, -0.25) is 14.7 Å². The van der Waals surface area contributed by atoms with Crippen molar-refractivity contribution in [3.63, 3.8) is 0 Å². The lowest BCUT2D eigenvalue weighted by Crippen LogP contribution is -2.23. The van der Waals surface area contributed by atoms with Crippen LogP contribution in [0.2, 0.25) is 0 Å². The van der Waals surface area contributed by atoms with Gasteiger partial charge in [-0.05, 0) is 24.6 Å². The highest BCUT2D eigenvalue weighted by atomic mass is 79.9. The number of nitrogens with one attached hydrogen (secondary N) is 2. The van der Waals surface area contributed by atoms with Crippen LogP contribution >= 0.6 is 15.9 Å². The second-order valence-corrected chi connectivity index (χ2v) is 5.81. The van der Waals surface area contributed by atoms with E-state index in [9.17, 15) is 9.59 Å². The van der Waals surface area contributed by atoms with Gasteiger partial charge in [-0.15, -0.1) is 0 Å². The fourth-order valence-corrected chi connectivity index (χ4v) is 2.63. The van der Waals surface area contributed by atoms with Gasteiger partial charge in [-0.2, -0.15) is 0 Å². The Morgan fingerprint density at radius 1 is 1.41 bits per heavy atom. The molecule has 3 aromatic rings. The largest absolute Gasteiger partial charge is 0.348 e. The zero-order chi connectivity index (χ0) is 15.7. The third-order valence-corrected chi connectivity index (χ3v) is 3.71. The summed E-state index contributed by atoms with van der Waals surface area (Å²) >= 11 is 3.39. The molecule has 0 saturated heterocycles. The van der Waals surface area contributed by atoms with Crippen molar-refractivity contribution < 1.29 is 4.79 Å². The summed E-state index contributed by atoms with van der Waals surface area (Å²) in [4.78, 5) is 28.4. The number of carbonyl (C=O) groups is 1. The number of rotatable bonds is 3. The summed E-state index contributed by atoms with van der Waals surface area (Å²) < 4.78 is 2.20. The Morgan fingerprint density at radius 3 is 3.00 bits per heavy atom. The van der Waals surface area contributed by atoms with Crippen LogP contribution in [0.5, 0.6) is 0 Å². The summed E-state index contributed by atoms with van der Waals surface area (Å²) in [6.07, 6.45) is 1.49. The van der Waals surface area contributed by atoms with Gasteiger partial charge in [-0.1, -0.05) is 28.1 Å². The Labute approximate surface area is 134 Å². The molecule has 0 atom stereocenters. The van der Waals surface area contributed by atoms with Gasteiger partial charge in [0.15, 0.2) is 5.65 Å². The maximum absolute atomic E-state index is 12.3. The van der Waals surface area contributed by atoms with E-state index in [1.54, 1.807) is 6.92 Å². The van der Waals surface area contributed by atoms with E-state index in [-0.39, 0.29) is 11.5 Å². The van der Waals surface area contributed by atoms with E-state index in [1.165, 1.54) is 16.8 Å². The van der Waals surface area contributed by atoms with Gasteiger partial charge in [0.05, 0.1) is 0 Å². The van der Waals surface area contributed by atoms with E-state index in [4.69, 9.17) is 0 Å². The average Bonchev–Trinajstić information content (AvgIpc) is 2.89. The Bertz CT molecular complexity index is 913. The van der Waals surface area contributed by atoms with Gasteiger partial charge >= 0.3 is 0 Å². The van der Waals surface area contributed by atoms with Crippen LogP contribution < -0.4 is 10.9 Å². The van der Waals surface area contributed by atoms with E-state index in [2.05, 4.69) is 31.3 Å². The first-order valence-electron chi connectivity index (χ1n) is 6.65. The molecular weight excluding hydrogens is 348 g/mol. The standard InChI is InChI=1S/C15H13BrN4O2/c1-9-5-13(21)20-14(19-9)12(8-18-20)15(22)17-7-10-3-2-4-11(16)6-10/h2-6,8,18H,7H2,1H3,(H,17,22). The highest BCUT2D eigenvalue weighted by Gasteiger charge is 2.14. The lowest BCUT2D eigenvalue weighted by molar-refractivity contribution is 0.0952. The van der Waals surface area contributed by atoms with E-state index in [1.807, 2.05) is 24.3 Å². The summed E-state index contributed by atoms with van der Waals surface area (Å²) in [5, 5.41) is 5.57. The summed E-state index contributed by atoms with van der Waals surface area (Å²) in [5.41, 5.74) is 1.98. The minimum atomic E-state index is -0.281. The number of fused-ring (bicyclic) bond motifs is 1. The summed E-state index contributed by atoms with van der Waals surface area (Å²) in [7, 11) is 0. The van der Waals surface area contributed by atoms with Gasteiger partial charge in [0.25, 0.3) is 11.5 Å². The quantitative estimate of drug-likeness (QED) is 0.749. The van der Waals surface area contributed by atoms with Gasteiger partial charge in [0.1, 0.15) is 5.56 Å². The number of aromatic amines is 1. The number of hydrogen-bond acceptors (Lipinski definition) is 3. The third kappa shape index (κ3) is 2.80. The van der Waals surface area contributed by atoms with Gasteiger partial charge in [-0.25, -0.2) is 9.50 Å². The van der Waals surface area contributed by atoms with Crippen molar-refractivity contribution >= 4 is 27.5 Å². The van der Waals surface area contributed by atoms with Crippen LogP contribution in [0.25, 0.3) is 5.65 Å². The van der Waals surface area contributed by atoms with Crippen molar-refractivity contribution in [1.82, 2.24) is 19.9 Å². The molecule has 22 heavy (non-hydrogen) atoms. The van der Waals surface area contributed by atoms with Gasteiger partial charge in [0, 0.05) is 29.0 Å². The molecule has 0 aliphatic heterocycles. The van der Waals surface area contributed by atoms with Crippen LogP contribution in [-0.4, -0.2) is 20.5 Å². The number of amides is 1. The minimum absolute atomic E-state index is 0.242. The number of nitrogens with zero attached hydrogens (tertiary/aromatic N) is 2. The molecule has 6 nitrogen and oxygen atoms in total. The molecule has 3 rings (SSSR count). The summed E-state index contributed by atoms with van der Waals surface area (Å²) in [6, 6.07) is 9.09. The molecule has 0 aliphatic carbocycles. The lowest BCUT2D eigenvalue weighted by Gasteiger charge is -2.05. The van der Waals surface area contributed by atoms with E-state index in [0.29, 0.717) is 23.4 Å². The molecule has 0 unspecified atom stereocenters. The maximum atomic E-state index is 12.3. The second-order valence-electron chi connectivity index (χ2n) is 4.89. The molecule has 1 amide bonds. The zero-order valence-electron chi connectivity index (χ0n) is 11.8. The van der Waals surface area contributed by atoms with E-state index >= 15 is 0 Å². The van der Waals surface area contributed by atoms with Crippen molar-refractivity contribution in [3.05, 3.63) is 68.2 Å². The predicted octanol–water partition coefficient (Wildman–Crippen LogP) is 2.02. The number of halogens is 1. The fourth-order valence-electron chi connectivity index (χ4n) is 2.19. The summed E-state index contributed by atoms with van der Waals surface area (Å²) in [5.74, 6) is -0.281. The number of carbonyl (C=O) groups excluding carboxylic acids is 1. The van der Waals surface area contributed by atoms with Crippen LogP contribution in [-0.2, 0) is 6.54 Å². The number of aromatic nitrogens is 3. The van der Waals surface area contributed by atoms with Crippen LogP contribution in [0.4, 0.5) is 0 Å². The predicted molar refractivity (Wildman–Crippen MR) is 85.9 cm³/mol. The normalized spacial score (nSPS) is 10.8. The molecule has 1 aromatic carbocycles. The number of H-pyrrole nitrogens is 1. The van der Waals surface area contributed by atoms with Crippen molar-refractivity contribution in [3.8, 4) is 0 Å². The molecule has 7 heteroatoms. The van der Waals surface area contributed by atoms with Gasteiger partial charge in [0.2, 0.25) is 0 Å². The molecule has 2 heterocycles. The molecule has 0 bridgehead atoms. The van der Waals surface area contributed by atoms with Crippen LogP contribution in [0.15, 0.2) is 45.8 Å². The van der Waals surface area contributed by atoms with Crippen molar-refractivity contribution in [2.24, 2.45) is 0 Å². The Balaban J connectivity index is 1.85. The highest BCUT2D eigenvalue weighted by molar-refractivity contribution is 9.10. The SMILES string of the molecule is Cc1cc(=O)n2[nH]cc(C(=O)NCc3cccc(Br)c3)c2n1. The molecule has 2 aromatic heterocycles. The highest BCUT2D eigenvalue weighted by Crippen LogP contribution is 2.12. The molecular formula is C15H13BrN4O2. The molecule has 0 aliphatic rings. The number of benzene rings is 1. The van der Waals surface area contributed by atoms with Crippen molar-refractivity contribution in [2.75, 3.05) is 0 Å². The maximum Gasteiger partial charge on any atom is 0.272 e. The first kappa shape index (κ1) is 14.5. The van der Waals surface area contributed by atoms with Crippen LogP contribution in [0.3, 0.4) is 0 Å². The van der Waals surface area contributed by atoms with Crippen LogP contribution in [0, 0.1) is 6.92 Å².